The summed E-state index contributed by atoms with van der Waals surface area (Å²) in [5.74, 6) is 1.09. The predicted molar refractivity (Wildman–Crippen MR) is 32.8 cm³/mol. The normalized spacial score (nSPS) is 37.8. The summed E-state index contributed by atoms with van der Waals surface area (Å²) in [7, 11) is 5.16. The quantitative estimate of drug-likeness (QED) is 0.469. The first-order valence-electron chi connectivity index (χ1n) is 1.85. The number of rotatable bonds is 0. The molecule has 0 N–H and O–H groups in total. The van der Waals surface area contributed by atoms with Crippen LogP contribution in [0.25, 0.3) is 0 Å². The average molecular weight is 124 g/mol. The van der Waals surface area contributed by atoms with Gasteiger partial charge >= 0.3 is 0 Å². The number of thiol groups is 1. The van der Waals surface area contributed by atoms with Gasteiger partial charge in [-0.2, -0.15) is 0 Å². The van der Waals surface area contributed by atoms with Crippen molar-refractivity contribution in [3.8, 4) is 0 Å². The van der Waals surface area contributed by atoms with E-state index in [1.54, 1.807) is 0 Å². The van der Waals surface area contributed by atoms with Crippen LogP contribution in [0.15, 0.2) is 4.40 Å². The lowest BCUT2D eigenvalue weighted by molar-refractivity contribution is 1.39. The molecule has 0 aromatic rings. The van der Waals surface area contributed by atoms with E-state index in [1.165, 1.54) is 0 Å². The molecule has 0 aromatic heterocycles. The molecule has 6 heavy (non-hydrogen) atoms. The van der Waals surface area contributed by atoms with Crippen LogP contribution in [0.5, 0.6) is 0 Å². The van der Waals surface area contributed by atoms with Crippen molar-refractivity contribution >= 4 is 27.2 Å². The summed E-state index contributed by atoms with van der Waals surface area (Å²) < 4.78 is 3.94. The third-order valence-electron chi connectivity index (χ3n) is 0.650. The van der Waals surface area contributed by atoms with Gasteiger partial charge in [0.1, 0.15) is 0 Å². The SMILES string of the molecule is Cl[SH]1CCC=N1. The topological polar surface area (TPSA) is 12.4 Å². The highest BCUT2D eigenvalue weighted by Gasteiger charge is 1.98. The van der Waals surface area contributed by atoms with Gasteiger partial charge in [-0.1, -0.05) is 10.3 Å². The van der Waals surface area contributed by atoms with Gasteiger partial charge in [0.05, 0.1) is 0 Å². The van der Waals surface area contributed by atoms with E-state index in [9.17, 15) is 0 Å². The van der Waals surface area contributed by atoms with E-state index in [1.807, 2.05) is 6.21 Å². The second-order valence-corrected chi connectivity index (χ2v) is 3.67. The molecule has 36 valence electrons. The molecule has 0 bridgehead atoms. The van der Waals surface area contributed by atoms with Crippen LogP contribution in [0.2, 0.25) is 0 Å². The Kier molecular flexibility index (Phi) is 1.37. The summed E-state index contributed by atoms with van der Waals surface area (Å²) in [4.78, 5) is 0. The van der Waals surface area contributed by atoms with Crippen LogP contribution in [-0.2, 0) is 0 Å². The molecule has 0 saturated carbocycles. The van der Waals surface area contributed by atoms with Crippen LogP contribution in [0.4, 0.5) is 0 Å². The minimum absolute atomic E-state index is 0.423. The van der Waals surface area contributed by atoms with Crippen LogP contribution in [-0.4, -0.2) is 12.0 Å². The van der Waals surface area contributed by atoms with E-state index in [0.717, 1.165) is 12.2 Å². The fraction of sp³-hybridized carbons (Fsp3) is 0.667. The lowest BCUT2D eigenvalue weighted by Gasteiger charge is -1.92. The molecular weight excluding hydrogens is 118 g/mol. The monoisotopic (exact) mass is 123 g/mol. The second-order valence-electron chi connectivity index (χ2n) is 1.15. The van der Waals surface area contributed by atoms with Crippen molar-refractivity contribution in [1.29, 1.82) is 0 Å². The summed E-state index contributed by atoms with van der Waals surface area (Å²) in [6.45, 7) is 0. The molecule has 0 amide bonds. The molecule has 0 fully saturated rings. The molecule has 1 aliphatic heterocycles. The van der Waals surface area contributed by atoms with Crippen molar-refractivity contribution in [3.05, 3.63) is 0 Å². The Labute approximate surface area is 44.4 Å². The molecule has 0 spiro atoms. The van der Waals surface area contributed by atoms with Gasteiger partial charge in [-0.25, -0.2) is 4.40 Å². The highest BCUT2D eigenvalue weighted by molar-refractivity contribution is 8.35. The third-order valence-corrected chi connectivity index (χ3v) is 2.46. The smallest absolute Gasteiger partial charge is 0.0125 e. The third kappa shape index (κ3) is 0.884. The summed E-state index contributed by atoms with van der Waals surface area (Å²) in [6.07, 6.45) is 2.99. The highest BCUT2D eigenvalue weighted by atomic mass is 35.7. The minimum Gasteiger partial charge on any atom is -0.239 e. The Morgan fingerprint density at radius 1 is 1.83 bits per heavy atom. The van der Waals surface area contributed by atoms with E-state index in [2.05, 4.69) is 4.40 Å². The van der Waals surface area contributed by atoms with Gasteiger partial charge in [-0.05, 0) is 17.1 Å². The molecule has 0 radical (unpaired) electrons. The summed E-state index contributed by atoms with van der Waals surface area (Å²) in [6, 6.07) is 0. The van der Waals surface area contributed by atoms with Crippen LogP contribution in [0.1, 0.15) is 6.42 Å². The van der Waals surface area contributed by atoms with Crippen molar-refractivity contribution in [2.24, 2.45) is 4.40 Å². The maximum absolute atomic E-state index is 5.58. The van der Waals surface area contributed by atoms with Crippen molar-refractivity contribution < 1.29 is 0 Å². The zero-order chi connectivity index (χ0) is 4.41. The Hall–Kier alpha value is 0.310. The Morgan fingerprint density at radius 2 is 2.67 bits per heavy atom. The van der Waals surface area contributed by atoms with E-state index in [0.29, 0.717) is 0 Å². The molecule has 1 rings (SSSR count). The van der Waals surface area contributed by atoms with Crippen LogP contribution < -0.4 is 0 Å². The second kappa shape index (κ2) is 1.85. The molecule has 0 aliphatic carbocycles. The van der Waals surface area contributed by atoms with E-state index in [4.69, 9.17) is 10.7 Å². The molecule has 1 atom stereocenters. The standard InChI is InChI=1S/C3H6ClNS/c4-6-3-1-2-5-6/h2,6H,1,3H2. The van der Waals surface area contributed by atoms with Crippen LogP contribution in [0.3, 0.4) is 0 Å². The molecule has 3 heteroatoms. The van der Waals surface area contributed by atoms with Gasteiger partial charge in [-0.15, -0.1) is 0 Å². The molecule has 0 aromatic carbocycles. The molecule has 1 heterocycles. The Balaban J connectivity index is 2.38. The lowest BCUT2D eigenvalue weighted by atomic mass is 10.6. The average Bonchev–Trinajstić information content (AvgIpc) is 1.86. The first-order chi connectivity index (χ1) is 2.89. The van der Waals surface area contributed by atoms with E-state index in [-0.39, 0.29) is 0 Å². The van der Waals surface area contributed by atoms with Gasteiger partial charge in [-0.3, -0.25) is 0 Å². The zero-order valence-corrected chi connectivity index (χ0v) is 4.91. The fourth-order valence-corrected chi connectivity index (χ4v) is 1.58. The first-order valence-corrected chi connectivity index (χ1v) is 4.24. The van der Waals surface area contributed by atoms with Crippen molar-refractivity contribution in [2.45, 2.75) is 6.42 Å². The molecule has 1 nitrogen and oxygen atoms in total. The van der Waals surface area contributed by atoms with Crippen LogP contribution in [0, 0.1) is 0 Å². The van der Waals surface area contributed by atoms with Crippen LogP contribution >= 0.6 is 21.0 Å². The summed E-state index contributed by atoms with van der Waals surface area (Å²) in [5, 5.41) is 0. The largest absolute Gasteiger partial charge is 0.239 e. The Bertz CT molecular complexity index is 73.2. The van der Waals surface area contributed by atoms with Crippen molar-refractivity contribution in [1.82, 2.24) is 0 Å². The predicted octanol–water partition coefficient (Wildman–Crippen LogP) is 1.53. The molecule has 0 saturated heterocycles. The number of hydrogen-bond acceptors (Lipinski definition) is 1. The summed E-state index contributed by atoms with van der Waals surface area (Å²) >= 11 is 0. The van der Waals surface area contributed by atoms with Gasteiger partial charge < -0.3 is 0 Å². The minimum atomic E-state index is -0.423. The van der Waals surface area contributed by atoms with Crippen molar-refractivity contribution in [3.63, 3.8) is 0 Å². The van der Waals surface area contributed by atoms with E-state index < -0.39 is 10.3 Å². The number of halogens is 1. The maximum atomic E-state index is 5.58. The van der Waals surface area contributed by atoms with Gasteiger partial charge in [0.15, 0.2) is 0 Å². The lowest BCUT2D eigenvalue weighted by Crippen LogP contribution is -1.66. The molecular formula is C3H6ClNS. The Morgan fingerprint density at radius 3 is 2.83 bits per heavy atom. The van der Waals surface area contributed by atoms with Crippen molar-refractivity contribution in [2.75, 3.05) is 5.75 Å². The summed E-state index contributed by atoms with van der Waals surface area (Å²) in [5.41, 5.74) is 0. The first kappa shape index (κ1) is 4.47. The van der Waals surface area contributed by atoms with Gasteiger partial charge in [0.25, 0.3) is 0 Å². The number of nitrogens with zero attached hydrogens (tertiary/aromatic N) is 1. The van der Waals surface area contributed by atoms with E-state index >= 15 is 0 Å². The molecule has 1 unspecified atom stereocenters. The molecule has 1 aliphatic rings. The number of hydrogen-bond donors (Lipinski definition) is 1. The van der Waals surface area contributed by atoms with Gasteiger partial charge in [0, 0.05) is 12.0 Å². The highest BCUT2D eigenvalue weighted by Crippen LogP contribution is 2.35. The van der Waals surface area contributed by atoms with Gasteiger partial charge in [0.2, 0.25) is 0 Å². The fourth-order valence-electron chi connectivity index (χ4n) is 0.368. The maximum Gasteiger partial charge on any atom is 0.0125 e. The zero-order valence-electron chi connectivity index (χ0n) is 3.26.